The second-order valence-electron chi connectivity index (χ2n) is 8.41. The van der Waals surface area contributed by atoms with Crippen molar-refractivity contribution in [1.29, 1.82) is 0 Å². The molecule has 1 fully saturated rings. The van der Waals surface area contributed by atoms with Gasteiger partial charge in [0.05, 0.1) is 16.7 Å². The number of hydrogen-bond donors (Lipinski definition) is 0. The number of rotatable bonds is 5. The normalized spacial score (nSPS) is 16.2. The maximum Gasteiger partial charge on any atom is 0.288 e. The van der Waals surface area contributed by atoms with Crippen LogP contribution in [0.1, 0.15) is 26.3 Å². The predicted octanol–water partition coefficient (Wildman–Crippen LogP) is 2.27. The summed E-state index contributed by atoms with van der Waals surface area (Å²) in [5.41, 5.74) is 1.41. The Hall–Kier alpha value is -2.46. The Labute approximate surface area is 171 Å². The van der Waals surface area contributed by atoms with Crippen LogP contribution in [0.3, 0.4) is 0 Å². The Morgan fingerprint density at radius 1 is 1.17 bits per heavy atom. The number of hydrogen-bond acceptors (Lipinski definition) is 7. The number of anilines is 1. The van der Waals surface area contributed by atoms with E-state index in [0.29, 0.717) is 18.8 Å². The Morgan fingerprint density at radius 3 is 2.34 bits per heavy atom. The summed E-state index contributed by atoms with van der Waals surface area (Å²) in [5, 5.41) is 15.6. The summed E-state index contributed by atoms with van der Waals surface area (Å²) in [7, 11) is -3.69. The van der Waals surface area contributed by atoms with Crippen LogP contribution in [0, 0.1) is 10.1 Å². The van der Waals surface area contributed by atoms with Crippen LogP contribution in [0.2, 0.25) is 0 Å². The summed E-state index contributed by atoms with van der Waals surface area (Å²) < 4.78 is 25.9. The first-order valence-electron chi connectivity index (χ1n) is 9.45. The van der Waals surface area contributed by atoms with Gasteiger partial charge < -0.3 is 4.90 Å². The molecule has 29 heavy (non-hydrogen) atoms. The molecule has 0 atom stereocenters. The number of nitro benzene ring substituents is 1. The Bertz CT molecular complexity index is 1000. The molecule has 1 aromatic carbocycles. The molecule has 2 aromatic rings. The van der Waals surface area contributed by atoms with Crippen molar-refractivity contribution in [3.8, 4) is 0 Å². The van der Waals surface area contributed by atoms with E-state index in [1.54, 1.807) is 6.07 Å². The fourth-order valence-corrected chi connectivity index (χ4v) is 4.24. The highest BCUT2D eigenvalue weighted by Gasteiger charge is 2.25. The molecule has 0 radical (unpaired) electrons. The van der Waals surface area contributed by atoms with Crippen LogP contribution in [0.4, 0.5) is 11.4 Å². The van der Waals surface area contributed by atoms with Crippen LogP contribution >= 0.6 is 0 Å². The maximum absolute atomic E-state index is 12.0. The highest BCUT2D eigenvalue weighted by Crippen LogP contribution is 2.29. The molecule has 0 unspecified atom stereocenters. The van der Waals surface area contributed by atoms with E-state index in [2.05, 4.69) is 41.9 Å². The second kappa shape index (κ2) is 7.75. The standard InChI is InChI=1S/C19H27N5O4S/c1-19(2,3)23-14-15(12-20-23)13-21-7-9-22(10-8-21)16-5-6-17(24(25)26)18(11-16)29(4,27)28/h5-6,11-12,14H,7-10,13H2,1-4H3. The molecule has 3 rings (SSSR count). The molecule has 1 aromatic heterocycles. The van der Waals surface area contributed by atoms with E-state index in [9.17, 15) is 18.5 Å². The van der Waals surface area contributed by atoms with Crippen LogP contribution in [0.25, 0.3) is 0 Å². The SMILES string of the molecule is CC(C)(C)n1cc(CN2CCN(c3ccc([N+](=O)[O-])c(S(C)(=O)=O)c3)CC2)cn1. The highest BCUT2D eigenvalue weighted by molar-refractivity contribution is 7.90. The molecule has 1 saturated heterocycles. The van der Waals surface area contributed by atoms with E-state index < -0.39 is 14.8 Å². The first-order valence-corrected chi connectivity index (χ1v) is 11.3. The summed E-state index contributed by atoms with van der Waals surface area (Å²) in [6.07, 6.45) is 4.96. The van der Waals surface area contributed by atoms with Crippen molar-refractivity contribution < 1.29 is 13.3 Å². The van der Waals surface area contributed by atoms with Gasteiger partial charge in [-0.3, -0.25) is 19.7 Å². The molecular weight excluding hydrogens is 394 g/mol. The lowest BCUT2D eigenvalue weighted by Gasteiger charge is -2.36. The van der Waals surface area contributed by atoms with Gasteiger partial charge in [0, 0.05) is 62.5 Å². The van der Waals surface area contributed by atoms with Crippen molar-refractivity contribution in [2.75, 3.05) is 37.3 Å². The molecule has 2 heterocycles. The average Bonchev–Trinajstić information content (AvgIpc) is 3.10. The summed E-state index contributed by atoms with van der Waals surface area (Å²) >= 11 is 0. The summed E-state index contributed by atoms with van der Waals surface area (Å²) in [6, 6.07) is 4.31. The third-order valence-electron chi connectivity index (χ3n) is 5.01. The smallest absolute Gasteiger partial charge is 0.288 e. The van der Waals surface area contributed by atoms with Crippen molar-refractivity contribution in [3.63, 3.8) is 0 Å². The maximum atomic E-state index is 12.0. The van der Waals surface area contributed by atoms with Crippen LogP contribution < -0.4 is 4.90 Å². The molecule has 0 saturated carbocycles. The van der Waals surface area contributed by atoms with E-state index in [1.807, 2.05) is 10.9 Å². The van der Waals surface area contributed by atoms with Crippen molar-refractivity contribution in [2.24, 2.45) is 0 Å². The summed E-state index contributed by atoms with van der Waals surface area (Å²) in [4.78, 5) is 14.6. The quantitative estimate of drug-likeness (QED) is 0.539. The molecule has 0 N–H and O–H groups in total. The van der Waals surface area contributed by atoms with Gasteiger partial charge in [-0.25, -0.2) is 8.42 Å². The van der Waals surface area contributed by atoms with Crippen molar-refractivity contribution in [2.45, 2.75) is 37.8 Å². The summed E-state index contributed by atoms with van der Waals surface area (Å²) in [5.74, 6) is 0. The fraction of sp³-hybridized carbons (Fsp3) is 0.526. The molecule has 0 aliphatic carbocycles. The Kier molecular flexibility index (Phi) is 5.68. The first kappa shape index (κ1) is 21.3. The zero-order valence-electron chi connectivity index (χ0n) is 17.2. The number of nitrogens with zero attached hydrogens (tertiary/aromatic N) is 5. The number of piperazine rings is 1. The third-order valence-corrected chi connectivity index (χ3v) is 6.13. The van der Waals surface area contributed by atoms with E-state index in [0.717, 1.165) is 31.5 Å². The zero-order valence-corrected chi connectivity index (χ0v) is 18.0. The number of nitro groups is 1. The van der Waals surface area contributed by atoms with Gasteiger partial charge in [-0.1, -0.05) is 0 Å². The first-order chi connectivity index (χ1) is 13.4. The number of benzene rings is 1. The molecule has 0 bridgehead atoms. The minimum Gasteiger partial charge on any atom is -0.369 e. The lowest BCUT2D eigenvalue weighted by molar-refractivity contribution is -0.387. The van der Waals surface area contributed by atoms with Gasteiger partial charge in [0.2, 0.25) is 0 Å². The van der Waals surface area contributed by atoms with Crippen molar-refractivity contribution >= 4 is 21.2 Å². The molecule has 158 valence electrons. The zero-order chi connectivity index (χ0) is 21.4. The van der Waals surface area contributed by atoms with Crippen LogP contribution in [0.15, 0.2) is 35.5 Å². The highest BCUT2D eigenvalue weighted by atomic mass is 32.2. The van der Waals surface area contributed by atoms with Gasteiger partial charge in [0.25, 0.3) is 5.69 Å². The van der Waals surface area contributed by atoms with E-state index >= 15 is 0 Å². The molecule has 0 spiro atoms. The van der Waals surface area contributed by atoms with Gasteiger partial charge in [0.15, 0.2) is 9.84 Å². The molecule has 1 aliphatic heterocycles. The monoisotopic (exact) mass is 421 g/mol. The molecule has 9 nitrogen and oxygen atoms in total. The van der Waals surface area contributed by atoms with E-state index in [4.69, 9.17) is 0 Å². The van der Waals surface area contributed by atoms with Crippen LogP contribution in [-0.2, 0) is 21.9 Å². The molecule has 10 heteroatoms. The topological polar surface area (TPSA) is 102 Å². The number of sulfone groups is 1. The van der Waals surface area contributed by atoms with Crippen LogP contribution in [-0.4, -0.2) is 60.5 Å². The minimum absolute atomic E-state index is 0.0514. The molecular formula is C19H27N5O4S. The molecule has 0 amide bonds. The number of aromatic nitrogens is 2. The van der Waals surface area contributed by atoms with Gasteiger partial charge in [-0.15, -0.1) is 0 Å². The van der Waals surface area contributed by atoms with Crippen LogP contribution in [0.5, 0.6) is 0 Å². The lowest BCUT2D eigenvalue weighted by atomic mass is 10.1. The average molecular weight is 422 g/mol. The second-order valence-corrected chi connectivity index (χ2v) is 10.4. The lowest BCUT2D eigenvalue weighted by Crippen LogP contribution is -2.46. The van der Waals surface area contributed by atoms with Gasteiger partial charge in [0.1, 0.15) is 4.90 Å². The van der Waals surface area contributed by atoms with Crippen molar-refractivity contribution in [1.82, 2.24) is 14.7 Å². The Balaban J connectivity index is 1.68. The predicted molar refractivity (Wildman–Crippen MR) is 111 cm³/mol. The van der Waals surface area contributed by atoms with E-state index in [-0.39, 0.29) is 16.1 Å². The van der Waals surface area contributed by atoms with Gasteiger partial charge in [-0.2, -0.15) is 5.10 Å². The largest absolute Gasteiger partial charge is 0.369 e. The van der Waals surface area contributed by atoms with Crippen molar-refractivity contribution in [3.05, 3.63) is 46.3 Å². The minimum atomic E-state index is -3.69. The summed E-state index contributed by atoms with van der Waals surface area (Å²) in [6.45, 7) is 10.2. The Morgan fingerprint density at radius 2 is 1.83 bits per heavy atom. The molecule has 1 aliphatic rings. The third kappa shape index (κ3) is 4.94. The van der Waals surface area contributed by atoms with E-state index in [1.165, 1.54) is 12.1 Å². The van der Waals surface area contributed by atoms with Gasteiger partial charge in [-0.05, 0) is 32.9 Å². The van der Waals surface area contributed by atoms with Gasteiger partial charge >= 0.3 is 0 Å². The fourth-order valence-electron chi connectivity index (χ4n) is 3.38.